The van der Waals surface area contributed by atoms with E-state index in [1.807, 2.05) is 30.3 Å². The van der Waals surface area contributed by atoms with E-state index in [0.717, 1.165) is 50.9 Å². The molecular weight excluding hydrogens is 350 g/mol. The molecule has 0 radical (unpaired) electrons. The largest absolute Gasteiger partial charge is 0.346 e. The van der Waals surface area contributed by atoms with Gasteiger partial charge in [-0.05, 0) is 67.9 Å². The average molecular weight is 377 g/mol. The molecule has 2 heterocycles. The summed E-state index contributed by atoms with van der Waals surface area (Å²) in [6.45, 7) is 2.22. The lowest BCUT2D eigenvalue weighted by Crippen LogP contribution is -2.39. The predicted octanol–water partition coefficient (Wildman–Crippen LogP) is 3.20. The molecule has 1 N–H and O–H groups in total. The van der Waals surface area contributed by atoms with Crippen molar-refractivity contribution in [1.29, 1.82) is 0 Å². The van der Waals surface area contributed by atoms with Gasteiger partial charge in [0, 0.05) is 30.8 Å². The SMILES string of the molecule is O=C(NCc1ccccn1)c1ccc(CC2CCN(C(=O)C3CC3)CC2)cc1. The molecule has 2 aromatic rings. The topological polar surface area (TPSA) is 62.3 Å². The third kappa shape index (κ3) is 4.77. The van der Waals surface area contributed by atoms with Gasteiger partial charge in [-0.3, -0.25) is 14.6 Å². The minimum atomic E-state index is -0.0795. The van der Waals surface area contributed by atoms with Gasteiger partial charge in [0.05, 0.1) is 12.2 Å². The van der Waals surface area contributed by atoms with Crippen LogP contribution < -0.4 is 5.32 Å². The Labute approximate surface area is 166 Å². The van der Waals surface area contributed by atoms with Crippen LogP contribution in [-0.2, 0) is 17.8 Å². The maximum Gasteiger partial charge on any atom is 0.251 e. The van der Waals surface area contributed by atoms with Gasteiger partial charge in [-0.15, -0.1) is 0 Å². The highest BCUT2D eigenvalue weighted by Crippen LogP contribution is 2.32. The van der Waals surface area contributed by atoms with Gasteiger partial charge < -0.3 is 10.2 Å². The minimum absolute atomic E-state index is 0.0795. The maximum absolute atomic E-state index is 12.3. The second kappa shape index (κ2) is 8.55. The summed E-state index contributed by atoms with van der Waals surface area (Å²) in [7, 11) is 0. The third-order valence-electron chi connectivity index (χ3n) is 5.75. The van der Waals surface area contributed by atoms with Crippen molar-refractivity contribution in [2.45, 2.75) is 38.6 Å². The fourth-order valence-electron chi connectivity index (χ4n) is 3.85. The lowest BCUT2D eigenvalue weighted by atomic mass is 9.89. The number of piperidine rings is 1. The van der Waals surface area contributed by atoms with E-state index >= 15 is 0 Å². The fraction of sp³-hybridized carbons (Fsp3) is 0.435. The lowest BCUT2D eigenvalue weighted by molar-refractivity contribution is -0.133. The van der Waals surface area contributed by atoms with Gasteiger partial charge >= 0.3 is 0 Å². The van der Waals surface area contributed by atoms with E-state index in [9.17, 15) is 9.59 Å². The van der Waals surface area contributed by atoms with Crippen LogP contribution in [0.5, 0.6) is 0 Å². The summed E-state index contributed by atoms with van der Waals surface area (Å²) in [5.74, 6) is 1.24. The van der Waals surface area contributed by atoms with Crippen LogP contribution in [0.3, 0.4) is 0 Å². The standard InChI is InChI=1S/C23H27N3O2/c27-22(25-16-21-3-1-2-12-24-21)19-6-4-17(5-7-19)15-18-10-13-26(14-11-18)23(28)20-8-9-20/h1-7,12,18,20H,8-11,13-16H2,(H,25,27). The Balaban J connectivity index is 1.24. The number of rotatable bonds is 6. The maximum atomic E-state index is 12.3. The predicted molar refractivity (Wildman–Crippen MR) is 108 cm³/mol. The first-order chi connectivity index (χ1) is 13.7. The number of nitrogens with zero attached hydrogens (tertiary/aromatic N) is 2. The monoisotopic (exact) mass is 377 g/mol. The number of hydrogen-bond donors (Lipinski definition) is 1. The number of carbonyl (C=O) groups excluding carboxylic acids is 2. The Kier molecular flexibility index (Phi) is 5.70. The Morgan fingerprint density at radius 2 is 1.75 bits per heavy atom. The van der Waals surface area contributed by atoms with Crippen molar-refractivity contribution >= 4 is 11.8 Å². The molecule has 2 amide bonds. The van der Waals surface area contributed by atoms with Gasteiger partial charge in [-0.2, -0.15) is 0 Å². The van der Waals surface area contributed by atoms with E-state index in [0.29, 0.717) is 29.9 Å². The van der Waals surface area contributed by atoms with Crippen LogP contribution in [0.2, 0.25) is 0 Å². The van der Waals surface area contributed by atoms with Crippen molar-refractivity contribution in [3.63, 3.8) is 0 Å². The van der Waals surface area contributed by atoms with Gasteiger partial charge in [0.25, 0.3) is 5.91 Å². The molecule has 0 atom stereocenters. The number of likely N-dealkylation sites (tertiary alicyclic amines) is 1. The first-order valence-electron chi connectivity index (χ1n) is 10.2. The number of carbonyl (C=O) groups is 2. The average Bonchev–Trinajstić information content (AvgIpc) is 3.59. The summed E-state index contributed by atoms with van der Waals surface area (Å²) in [6, 6.07) is 13.6. The second-order valence-electron chi connectivity index (χ2n) is 7.95. The summed E-state index contributed by atoms with van der Waals surface area (Å²) in [4.78, 5) is 30.7. The molecule has 0 bridgehead atoms. The number of pyridine rings is 1. The summed E-state index contributed by atoms with van der Waals surface area (Å²) in [5.41, 5.74) is 2.77. The Morgan fingerprint density at radius 1 is 1.00 bits per heavy atom. The Morgan fingerprint density at radius 3 is 2.39 bits per heavy atom. The molecular formula is C23H27N3O2. The zero-order valence-corrected chi connectivity index (χ0v) is 16.1. The van der Waals surface area contributed by atoms with Gasteiger partial charge in [-0.1, -0.05) is 18.2 Å². The van der Waals surface area contributed by atoms with Crippen molar-refractivity contribution in [2.24, 2.45) is 11.8 Å². The van der Waals surface area contributed by atoms with E-state index in [1.165, 1.54) is 5.56 Å². The molecule has 5 heteroatoms. The van der Waals surface area contributed by atoms with Gasteiger partial charge in [0.2, 0.25) is 5.91 Å². The molecule has 4 rings (SSSR count). The zero-order chi connectivity index (χ0) is 19.3. The highest BCUT2D eigenvalue weighted by atomic mass is 16.2. The van der Waals surface area contributed by atoms with Crippen molar-refractivity contribution < 1.29 is 9.59 Å². The van der Waals surface area contributed by atoms with Crippen LogP contribution in [0.15, 0.2) is 48.7 Å². The van der Waals surface area contributed by atoms with Gasteiger partial charge in [0.1, 0.15) is 0 Å². The van der Waals surface area contributed by atoms with Crippen molar-refractivity contribution in [3.8, 4) is 0 Å². The molecule has 1 aromatic heterocycles. The number of amides is 2. The number of nitrogens with one attached hydrogen (secondary N) is 1. The van der Waals surface area contributed by atoms with Crippen LogP contribution in [0.4, 0.5) is 0 Å². The van der Waals surface area contributed by atoms with Crippen LogP contribution in [0, 0.1) is 11.8 Å². The second-order valence-corrected chi connectivity index (χ2v) is 7.95. The van der Waals surface area contributed by atoms with Crippen molar-refractivity contribution in [3.05, 3.63) is 65.5 Å². The van der Waals surface area contributed by atoms with Crippen LogP contribution >= 0.6 is 0 Å². The molecule has 5 nitrogen and oxygen atoms in total. The molecule has 0 unspecified atom stereocenters. The first-order valence-corrected chi connectivity index (χ1v) is 10.2. The Bertz CT molecular complexity index is 808. The van der Waals surface area contributed by atoms with Gasteiger partial charge in [0.15, 0.2) is 0 Å². The fourth-order valence-corrected chi connectivity index (χ4v) is 3.85. The van der Waals surface area contributed by atoms with Crippen LogP contribution in [-0.4, -0.2) is 34.8 Å². The number of benzene rings is 1. The highest BCUT2D eigenvalue weighted by molar-refractivity contribution is 5.94. The van der Waals surface area contributed by atoms with Crippen LogP contribution in [0.1, 0.15) is 47.3 Å². The van der Waals surface area contributed by atoms with Crippen LogP contribution in [0.25, 0.3) is 0 Å². The highest BCUT2D eigenvalue weighted by Gasteiger charge is 2.34. The third-order valence-corrected chi connectivity index (χ3v) is 5.75. The smallest absolute Gasteiger partial charge is 0.251 e. The molecule has 146 valence electrons. The molecule has 1 aliphatic heterocycles. The molecule has 28 heavy (non-hydrogen) atoms. The summed E-state index contributed by atoms with van der Waals surface area (Å²) >= 11 is 0. The van der Waals surface area contributed by atoms with E-state index < -0.39 is 0 Å². The summed E-state index contributed by atoms with van der Waals surface area (Å²) in [5, 5.41) is 2.91. The van der Waals surface area contributed by atoms with E-state index in [2.05, 4.69) is 27.3 Å². The lowest BCUT2D eigenvalue weighted by Gasteiger charge is -2.32. The Hall–Kier alpha value is -2.69. The van der Waals surface area contributed by atoms with E-state index in [4.69, 9.17) is 0 Å². The van der Waals surface area contributed by atoms with E-state index in [-0.39, 0.29) is 5.91 Å². The molecule has 1 aliphatic carbocycles. The van der Waals surface area contributed by atoms with Crippen molar-refractivity contribution in [2.75, 3.05) is 13.1 Å². The molecule has 1 saturated carbocycles. The number of hydrogen-bond acceptors (Lipinski definition) is 3. The first kappa shape index (κ1) is 18.7. The molecule has 0 spiro atoms. The molecule has 2 aliphatic rings. The summed E-state index contributed by atoms with van der Waals surface area (Å²) in [6.07, 6.45) is 7.06. The molecule has 2 fully saturated rings. The molecule has 1 aromatic carbocycles. The minimum Gasteiger partial charge on any atom is -0.346 e. The normalized spacial score (nSPS) is 17.4. The zero-order valence-electron chi connectivity index (χ0n) is 16.1. The quantitative estimate of drug-likeness (QED) is 0.841. The number of aromatic nitrogens is 1. The summed E-state index contributed by atoms with van der Waals surface area (Å²) < 4.78 is 0. The van der Waals surface area contributed by atoms with E-state index in [1.54, 1.807) is 6.20 Å². The van der Waals surface area contributed by atoms with Crippen molar-refractivity contribution in [1.82, 2.24) is 15.2 Å². The molecule has 1 saturated heterocycles. The van der Waals surface area contributed by atoms with Gasteiger partial charge in [-0.25, -0.2) is 0 Å².